The van der Waals surface area contributed by atoms with E-state index >= 15 is 0 Å². The summed E-state index contributed by atoms with van der Waals surface area (Å²) >= 11 is 0. The Kier molecular flexibility index (Phi) is 14.7. The normalized spacial score (nSPS) is 14.0. The van der Waals surface area contributed by atoms with Crippen molar-refractivity contribution < 1.29 is 30.7 Å². The number of hydrogen-bond acceptors (Lipinski definition) is 2. The quantitative estimate of drug-likeness (QED) is 0.272. The maximum atomic E-state index is 10.6. The molecule has 2 nitrogen and oxygen atoms in total. The van der Waals surface area contributed by atoms with Gasteiger partial charge in [-0.25, -0.2) is 18.6 Å². The fraction of sp³-hybridized carbons (Fsp3) is 0.208. The maximum Gasteiger partial charge on any atom is 0.135 e. The zero-order valence-corrected chi connectivity index (χ0v) is 18.0. The van der Waals surface area contributed by atoms with E-state index in [2.05, 4.69) is 42.9 Å². The first-order valence-electron chi connectivity index (χ1n) is 8.68. The number of hydrogen-bond donors (Lipinski definition) is 0. The Morgan fingerprint density at radius 1 is 0.778 bits per heavy atom. The van der Waals surface area contributed by atoms with Gasteiger partial charge in [-0.2, -0.15) is 60.7 Å². The summed E-state index contributed by atoms with van der Waals surface area (Å²) in [6, 6.07) is 19.6. The topological polar surface area (TPSA) is 34.1 Å². The Hall–Kier alpha value is -2.18. The molecule has 0 spiro atoms. The molecule has 0 saturated carbocycles. The van der Waals surface area contributed by atoms with Crippen LogP contribution in [0.5, 0.6) is 0 Å². The van der Waals surface area contributed by atoms with Gasteiger partial charge in [0.1, 0.15) is 11.6 Å². The molecule has 2 aromatic carbocycles. The van der Waals surface area contributed by atoms with Gasteiger partial charge in [0.05, 0.1) is 0 Å². The van der Waals surface area contributed by atoms with Gasteiger partial charge in [-0.15, -0.1) is 6.08 Å². The average molecular weight is 541 g/mol. The number of allylic oxidation sites excluding steroid dienone is 4. The average Bonchev–Trinajstić information content (AvgIpc) is 2.64. The first kappa shape index (κ1) is 24.8. The predicted octanol–water partition coefficient (Wildman–Crippen LogP) is 5.86. The Labute approximate surface area is 177 Å². The van der Waals surface area contributed by atoms with Gasteiger partial charge >= 0.3 is 0 Å². The number of carbonyl (C=O) groups excluding carboxylic acids is 2. The van der Waals surface area contributed by atoms with Crippen LogP contribution >= 0.6 is 0 Å². The SMILES string of the molecule is C1=C\CC/C=C\C[CH-]/1.CC(=O)c1cc[c-]cc1.CC(=O)c1cc[c-]cc1.[Pt]. The van der Waals surface area contributed by atoms with Gasteiger partial charge in [-0.1, -0.05) is 30.0 Å². The van der Waals surface area contributed by atoms with Gasteiger partial charge in [0, 0.05) is 21.1 Å². The van der Waals surface area contributed by atoms with Crippen molar-refractivity contribution >= 4 is 11.6 Å². The molecule has 0 radical (unpaired) electrons. The Morgan fingerprint density at radius 2 is 1.22 bits per heavy atom. The van der Waals surface area contributed by atoms with Crippen LogP contribution in [0.2, 0.25) is 0 Å². The minimum Gasteiger partial charge on any atom is -0.297 e. The van der Waals surface area contributed by atoms with Crippen molar-refractivity contribution in [1.82, 2.24) is 0 Å². The van der Waals surface area contributed by atoms with E-state index in [0.29, 0.717) is 0 Å². The minimum absolute atomic E-state index is 0. The number of benzene rings is 2. The van der Waals surface area contributed by atoms with E-state index in [1.165, 1.54) is 12.8 Å². The fourth-order valence-electron chi connectivity index (χ4n) is 2.00. The van der Waals surface area contributed by atoms with E-state index in [1.807, 2.05) is 0 Å². The molecule has 1 aliphatic rings. The van der Waals surface area contributed by atoms with E-state index in [9.17, 15) is 9.59 Å². The van der Waals surface area contributed by atoms with E-state index in [4.69, 9.17) is 0 Å². The van der Waals surface area contributed by atoms with Crippen molar-refractivity contribution in [3.63, 3.8) is 0 Å². The molecule has 3 heteroatoms. The maximum absolute atomic E-state index is 10.6. The summed E-state index contributed by atoms with van der Waals surface area (Å²) < 4.78 is 0. The molecular formula is C24H25O2Pt-3. The van der Waals surface area contributed by atoms with Gasteiger partial charge in [0.2, 0.25) is 0 Å². The molecule has 0 aromatic heterocycles. The van der Waals surface area contributed by atoms with E-state index < -0.39 is 0 Å². The summed E-state index contributed by atoms with van der Waals surface area (Å²) in [6.45, 7) is 3.10. The first-order valence-corrected chi connectivity index (χ1v) is 8.68. The van der Waals surface area contributed by atoms with Crippen molar-refractivity contribution in [1.29, 1.82) is 0 Å². The number of carbonyl (C=O) groups is 2. The van der Waals surface area contributed by atoms with Crippen LogP contribution < -0.4 is 0 Å². The third kappa shape index (κ3) is 12.8. The van der Waals surface area contributed by atoms with Gasteiger partial charge in [0.25, 0.3) is 0 Å². The molecular weight excluding hydrogens is 515 g/mol. The third-order valence-electron chi connectivity index (χ3n) is 3.46. The van der Waals surface area contributed by atoms with Gasteiger partial charge < -0.3 is 0 Å². The van der Waals surface area contributed by atoms with Crippen LogP contribution in [0.25, 0.3) is 0 Å². The summed E-state index contributed by atoms with van der Waals surface area (Å²) in [5, 5.41) is 0. The summed E-state index contributed by atoms with van der Waals surface area (Å²) in [5.74, 6) is 0.202. The molecule has 2 aromatic rings. The van der Waals surface area contributed by atoms with Crippen LogP contribution in [-0.2, 0) is 21.1 Å². The second-order valence-electron chi connectivity index (χ2n) is 5.64. The van der Waals surface area contributed by atoms with Gasteiger partial charge in [0.15, 0.2) is 0 Å². The van der Waals surface area contributed by atoms with E-state index in [1.54, 1.807) is 62.4 Å². The summed E-state index contributed by atoms with van der Waals surface area (Å²) in [5.41, 5.74) is 1.49. The van der Waals surface area contributed by atoms with Crippen molar-refractivity contribution in [3.8, 4) is 0 Å². The zero-order valence-electron chi connectivity index (χ0n) is 15.8. The summed E-state index contributed by atoms with van der Waals surface area (Å²) in [7, 11) is 0. The van der Waals surface area contributed by atoms with Crippen LogP contribution in [0.15, 0.2) is 72.8 Å². The molecule has 0 heterocycles. The van der Waals surface area contributed by atoms with Crippen molar-refractivity contribution in [2.24, 2.45) is 0 Å². The molecule has 146 valence electrons. The number of rotatable bonds is 2. The molecule has 0 N–H and O–H groups in total. The van der Waals surface area contributed by atoms with E-state index in [0.717, 1.165) is 17.5 Å². The summed E-state index contributed by atoms with van der Waals surface area (Å²) in [6.07, 6.45) is 14.5. The fourth-order valence-corrected chi connectivity index (χ4v) is 2.00. The monoisotopic (exact) mass is 540 g/mol. The Morgan fingerprint density at radius 3 is 1.63 bits per heavy atom. The van der Waals surface area contributed by atoms with Crippen LogP contribution in [0.3, 0.4) is 0 Å². The van der Waals surface area contributed by atoms with Crippen molar-refractivity contribution in [2.45, 2.75) is 33.1 Å². The third-order valence-corrected chi connectivity index (χ3v) is 3.46. The van der Waals surface area contributed by atoms with Crippen LogP contribution in [-0.4, -0.2) is 11.6 Å². The smallest absolute Gasteiger partial charge is 0.135 e. The Balaban J connectivity index is 0.000000369. The van der Waals surface area contributed by atoms with Gasteiger partial charge in [-0.3, -0.25) is 9.59 Å². The first-order chi connectivity index (χ1) is 12.6. The molecule has 0 saturated heterocycles. The largest absolute Gasteiger partial charge is 0.297 e. The molecule has 0 atom stereocenters. The molecule has 0 fully saturated rings. The predicted molar refractivity (Wildman–Crippen MR) is 107 cm³/mol. The number of Topliss-reactive ketones (excluding diaryl/α,β-unsaturated/α-hetero) is 2. The summed E-state index contributed by atoms with van der Waals surface area (Å²) in [4.78, 5) is 21.3. The molecule has 27 heavy (non-hydrogen) atoms. The van der Waals surface area contributed by atoms with E-state index in [-0.39, 0.29) is 32.6 Å². The standard InChI is InChI=1S/2C8H7O.C8H11.Pt/c2*1-7(9)8-5-3-2-4-6-8;1-2-4-6-8-7-5-3-1;/h2*3-6H,1H3;1-3,6,8H,4-5,7H2;/q3*-1;/b;;3-1-,8-6-;. The number of ketones is 2. The van der Waals surface area contributed by atoms with Crippen LogP contribution in [0, 0.1) is 18.6 Å². The molecule has 0 amide bonds. The van der Waals surface area contributed by atoms with Gasteiger partial charge in [-0.05, 0) is 20.3 Å². The van der Waals surface area contributed by atoms with Crippen molar-refractivity contribution in [2.75, 3.05) is 0 Å². The molecule has 0 aliphatic heterocycles. The molecule has 1 aliphatic carbocycles. The zero-order chi connectivity index (χ0) is 19.0. The van der Waals surface area contributed by atoms with Crippen LogP contribution in [0.4, 0.5) is 0 Å². The molecule has 0 unspecified atom stereocenters. The second-order valence-corrected chi connectivity index (χ2v) is 5.64. The molecule has 3 rings (SSSR count). The van der Waals surface area contributed by atoms with Crippen molar-refractivity contribution in [3.05, 3.63) is 103 Å². The minimum atomic E-state index is 0. The Bertz CT molecular complexity index is 628. The van der Waals surface area contributed by atoms with Crippen LogP contribution in [0.1, 0.15) is 53.8 Å². The molecule has 0 bridgehead atoms. The second kappa shape index (κ2) is 16.0.